The molecular weight excluding hydrogens is 296 g/mol. The monoisotopic (exact) mass is 336 g/mol. The van der Waals surface area contributed by atoms with Crippen LogP contribution in [-0.2, 0) is 9.53 Å². The van der Waals surface area contributed by atoms with E-state index >= 15 is 0 Å². The fourth-order valence-corrected chi connectivity index (χ4v) is 3.02. The standard InChI is InChI=1S/C22H40O2/c1-2-3-4-5-6-7-8-9-10-11-12-13-14-15-20-24-22(23)19-18-21-16-17-21/h18-19,21H,2-17,20H2,1H3/b19-18+. The summed E-state index contributed by atoms with van der Waals surface area (Å²) in [5.41, 5.74) is 0. The molecule has 0 N–H and O–H groups in total. The van der Waals surface area contributed by atoms with Crippen molar-refractivity contribution in [3.8, 4) is 0 Å². The molecule has 0 aromatic rings. The number of unbranched alkanes of at least 4 members (excludes halogenated alkanes) is 13. The summed E-state index contributed by atoms with van der Waals surface area (Å²) in [5, 5.41) is 0. The lowest BCUT2D eigenvalue weighted by Gasteiger charge is -2.04. The van der Waals surface area contributed by atoms with Gasteiger partial charge in [0.05, 0.1) is 6.61 Å². The second-order valence-electron chi connectivity index (χ2n) is 7.46. The van der Waals surface area contributed by atoms with Gasteiger partial charge in [-0.25, -0.2) is 4.79 Å². The summed E-state index contributed by atoms with van der Waals surface area (Å²) in [6.45, 7) is 2.87. The Kier molecular flexibility index (Phi) is 13.9. The number of esters is 1. The van der Waals surface area contributed by atoms with Crippen molar-refractivity contribution in [2.75, 3.05) is 6.61 Å². The molecule has 1 aliphatic carbocycles. The highest BCUT2D eigenvalue weighted by Gasteiger charge is 2.17. The number of hydrogen-bond donors (Lipinski definition) is 0. The van der Waals surface area contributed by atoms with E-state index < -0.39 is 0 Å². The average Bonchev–Trinajstić information content (AvgIpc) is 3.41. The van der Waals surface area contributed by atoms with Gasteiger partial charge in [-0.15, -0.1) is 0 Å². The van der Waals surface area contributed by atoms with Crippen molar-refractivity contribution < 1.29 is 9.53 Å². The van der Waals surface area contributed by atoms with Gasteiger partial charge in [0, 0.05) is 6.08 Å². The zero-order valence-corrected chi connectivity index (χ0v) is 16.1. The maximum atomic E-state index is 11.4. The molecule has 0 aliphatic heterocycles. The molecule has 0 aromatic carbocycles. The van der Waals surface area contributed by atoms with E-state index in [-0.39, 0.29) is 5.97 Å². The Morgan fingerprint density at radius 1 is 0.792 bits per heavy atom. The Bertz CT molecular complexity index is 318. The maximum absolute atomic E-state index is 11.4. The van der Waals surface area contributed by atoms with E-state index in [1.807, 2.05) is 6.08 Å². The van der Waals surface area contributed by atoms with Gasteiger partial charge in [-0.1, -0.05) is 96.5 Å². The Morgan fingerprint density at radius 3 is 1.71 bits per heavy atom. The fourth-order valence-electron chi connectivity index (χ4n) is 3.02. The van der Waals surface area contributed by atoms with Crippen molar-refractivity contribution in [1.82, 2.24) is 0 Å². The SMILES string of the molecule is CCCCCCCCCCCCCCCCOC(=O)/C=C/C1CC1. The zero-order chi connectivity index (χ0) is 17.3. The molecule has 2 heteroatoms. The number of rotatable bonds is 17. The third kappa shape index (κ3) is 14.8. The summed E-state index contributed by atoms with van der Waals surface area (Å²) >= 11 is 0. The third-order valence-corrected chi connectivity index (χ3v) is 4.87. The van der Waals surface area contributed by atoms with E-state index in [1.165, 1.54) is 96.3 Å². The first-order valence-corrected chi connectivity index (χ1v) is 10.7. The number of allylic oxidation sites excluding steroid dienone is 1. The van der Waals surface area contributed by atoms with Crippen molar-refractivity contribution in [1.29, 1.82) is 0 Å². The second-order valence-corrected chi connectivity index (χ2v) is 7.46. The van der Waals surface area contributed by atoms with E-state index in [1.54, 1.807) is 6.08 Å². The molecule has 2 nitrogen and oxygen atoms in total. The van der Waals surface area contributed by atoms with E-state index in [2.05, 4.69) is 6.92 Å². The molecule has 0 heterocycles. The largest absolute Gasteiger partial charge is 0.463 e. The van der Waals surface area contributed by atoms with Crippen LogP contribution in [0.5, 0.6) is 0 Å². The summed E-state index contributed by atoms with van der Waals surface area (Å²) in [7, 11) is 0. The van der Waals surface area contributed by atoms with E-state index in [0.29, 0.717) is 12.5 Å². The summed E-state index contributed by atoms with van der Waals surface area (Å²) in [5.74, 6) is 0.496. The third-order valence-electron chi connectivity index (χ3n) is 4.87. The van der Waals surface area contributed by atoms with Gasteiger partial charge in [-0.2, -0.15) is 0 Å². The predicted octanol–water partition coefficient (Wildman–Crippen LogP) is 6.98. The smallest absolute Gasteiger partial charge is 0.330 e. The lowest BCUT2D eigenvalue weighted by Crippen LogP contribution is -2.02. The molecule has 0 radical (unpaired) electrons. The van der Waals surface area contributed by atoms with E-state index in [4.69, 9.17) is 4.74 Å². The van der Waals surface area contributed by atoms with E-state index in [0.717, 1.165) is 6.42 Å². The van der Waals surface area contributed by atoms with Crippen LogP contribution in [0.2, 0.25) is 0 Å². The number of hydrogen-bond acceptors (Lipinski definition) is 2. The van der Waals surface area contributed by atoms with Gasteiger partial charge < -0.3 is 4.74 Å². The number of carbonyl (C=O) groups excluding carboxylic acids is 1. The van der Waals surface area contributed by atoms with Crippen LogP contribution >= 0.6 is 0 Å². The summed E-state index contributed by atoms with van der Waals surface area (Å²) < 4.78 is 5.20. The Morgan fingerprint density at radius 2 is 1.25 bits per heavy atom. The molecule has 0 amide bonds. The molecule has 0 spiro atoms. The molecule has 0 saturated heterocycles. The van der Waals surface area contributed by atoms with Crippen molar-refractivity contribution in [2.24, 2.45) is 5.92 Å². The molecule has 1 fully saturated rings. The minimum atomic E-state index is -0.156. The molecule has 1 aliphatic rings. The highest BCUT2D eigenvalue weighted by atomic mass is 16.5. The quantitative estimate of drug-likeness (QED) is 0.163. The van der Waals surface area contributed by atoms with Crippen LogP contribution in [0.25, 0.3) is 0 Å². The number of ether oxygens (including phenoxy) is 1. The van der Waals surface area contributed by atoms with Crippen molar-refractivity contribution in [2.45, 2.75) is 110 Å². The minimum Gasteiger partial charge on any atom is -0.463 e. The summed E-state index contributed by atoms with van der Waals surface area (Å²) in [4.78, 5) is 11.4. The van der Waals surface area contributed by atoms with Crippen LogP contribution < -0.4 is 0 Å². The minimum absolute atomic E-state index is 0.156. The van der Waals surface area contributed by atoms with Crippen molar-refractivity contribution in [3.63, 3.8) is 0 Å². The zero-order valence-electron chi connectivity index (χ0n) is 16.1. The molecule has 0 aromatic heterocycles. The highest BCUT2D eigenvalue weighted by molar-refractivity contribution is 5.81. The summed E-state index contributed by atoms with van der Waals surface area (Å²) in [6.07, 6.45) is 25.0. The topological polar surface area (TPSA) is 26.3 Å². The van der Waals surface area contributed by atoms with Crippen LogP contribution in [0.1, 0.15) is 110 Å². The fraction of sp³-hybridized carbons (Fsp3) is 0.864. The molecule has 0 unspecified atom stereocenters. The lowest BCUT2D eigenvalue weighted by molar-refractivity contribution is -0.137. The average molecular weight is 337 g/mol. The lowest BCUT2D eigenvalue weighted by atomic mass is 10.0. The summed E-state index contributed by atoms with van der Waals surface area (Å²) in [6, 6.07) is 0. The Balaban J connectivity index is 1.69. The van der Waals surface area contributed by atoms with Crippen LogP contribution in [0.4, 0.5) is 0 Å². The van der Waals surface area contributed by atoms with Gasteiger partial charge in [0.25, 0.3) is 0 Å². The second kappa shape index (κ2) is 15.7. The molecule has 1 saturated carbocycles. The predicted molar refractivity (Wildman–Crippen MR) is 103 cm³/mol. The van der Waals surface area contributed by atoms with Crippen LogP contribution in [0, 0.1) is 5.92 Å². The van der Waals surface area contributed by atoms with Crippen LogP contribution in [0.15, 0.2) is 12.2 Å². The molecule has 0 bridgehead atoms. The Labute approximate surface area is 150 Å². The van der Waals surface area contributed by atoms with E-state index in [9.17, 15) is 4.79 Å². The van der Waals surface area contributed by atoms with Gasteiger partial charge >= 0.3 is 5.97 Å². The van der Waals surface area contributed by atoms with Crippen molar-refractivity contribution in [3.05, 3.63) is 12.2 Å². The molecular formula is C22H40O2. The molecule has 1 rings (SSSR count). The first kappa shape index (κ1) is 21.3. The molecule has 24 heavy (non-hydrogen) atoms. The van der Waals surface area contributed by atoms with Gasteiger partial charge in [-0.05, 0) is 25.2 Å². The first-order valence-electron chi connectivity index (χ1n) is 10.7. The highest BCUT2D eigenvalue weighted by Crippen LogP contribution is 2.29. The van der Waals surface area contributed by atoms with Gasteiger partial charge in [0.2, 0.25) is 0 Å². The van der Waals surface area contributed by atoms with Crippen LogP contribution in [0.3, 0.4) is 0 Å². The first-order chi connectivity index (χ1) is 11.8. The number of carbonyl (C=O) groups is 1. The maximum Gasteiger partial charge on any atom is 0.330 e. The Hall–Kier alpha value is -0.790. The van der Waals surface area contributed by atoms with Gasteiger partial charge in [0.15, 0.2) is 0 Å². The van der Waals surface area contributed by atoms with Gasteiger partial charge in [0.1, 0.15) is 0 Å². The molecule has 0 atom stereocenters. The van der Waals surface area contributed by atoms with Gasteiger partial charge in [-0.3, -0.25) is 0 Å². The molecule has 140 valence electrons. The van der Waals surface area contributed by atoms with Crippen molar-refractivity contribution >= 4 is 5.97 Å². The van der Waals surface area contributed by atoms with Crippen LogP contribution in [-0.4, -0.2) is 12.6 Å². The normalized spacial score (nSPS) is 14.4.